The van der Waals surface area contributed by atoms with E-state index in [-0.39, 0.29) is 5.03 Å². The molecular weight excluding hydrogens is 242 g/mol. The van der Waals surface area contributed by atoms with Crippen LogP contribution < -0.4 is 5.32 Å². The predicted octanol–water partition coefficient (Wildman–Crippen LogP) is 0.186. The second kappa shape index (κ2) is 3.66. The van der Waals surface area contributed by atoms with Gasteiger partial charge in [0.1, 0.15) is 0 Å². The van der Waals surface area contributed by atoms with Crippen molar-refractivity contribution in [2.75, 3.05) is 18.6 Å². The van der Waals surface area contributed by atoms with E-state index in [9.17, 15) is 8.42 Å². The Hall–Kier alpha value is -1.70. The summed E-state index contributed by atoms with van der Waals surface area (Å²) >= 11 is 0. The van der Waals surface area contributed by atoms with Gasteiger partial charge in [0.05, 0.1) is 0 Å². The van der Waals surface area contributed by atoms with Crippen LogP contribution in [-0.2, 0) is 9.84 Å². The summed E-state index contributed by atoms with van der Waals surface area (Å²) < 4.78 is 24.7. The van der Waals surface area contributed by atoms with Crippen LogP contribution in [0.2, 0.25) is 0 Å². The molecule has 7 nitrogen and oxygen atoms in total. The Morgan fingerprint density at radius 1 is 1.18 bits per heavy atom. The first-order chi connectivity index (χ1) is 7.86. The quantitative estimate of drug-likeness (QED) is 0.823. The van der Waals surface area contributed by atoms with Crippen molar-refractivity contribution in [2.24, 2.45) is 0 Å². The highest BCUT2D eigenvalue weighted by atomic mass is 32.2. The van der Waals surface area contributed by atoms with E-state index >= 15 is 0 Å². The van der Waals surface area contributed by atoms with Gasteiger partial charge in [-0.2, -0.15) is 9.61 Å². The Labute approximate surface area is 98.8 Å². The molecule has 0 saturated carbocycles. The zero-order valence-electron chi connectivity index (χ0n) is 10.0. The minimum Gasteiger partial charge on any atom is -0.356 e. The molecule has 0 atom stereocenters. The zero-order chi connectivity index (χ0) is 12.8. The highest BCUT2D eigenvalue weighted by Gasteiger charge is 2.19. The van der Waals surface area contributed by atoms with Gasteiger partial charge in [-0.05, 0) is 19.4 Å². The fourth-order valence-corrected chi connectivity index (χ4v) is 2.55. The maximum absolute atomic E-state index is 11.6. The predicted molar refractivity (Wildman–Crippen MR) is 62.9 cm³/mol. The number of hydrogen-bond donors (Lipinski definition) is 1. The molecule has 0 bridgehead atoms. The number of sulfone groups is 1. The summed E-state index contributed by atoms with van der Waals surface area (Å²) in [7, 11) is -1.69. The van der Waals surface area contributed by atoms with Gasteiger partial charge in [-0.25, -0.2) is 8.42 Å². The molecule has 0 fully saturated rings. The molecule has 92 valence electrons. The highest BCUT2D eigenvalue weighted by molar-refractivity contribution is 7.90. The number of aromatic nitrogens is 4. The van der Waals surface area contributed by atoms with Crippen LogP contribution in [0, 0.1) is 13.8 Å². The highest BCUT2D eigenvalue weighted by Crippen LogP contribution is 2.20. The fraction of sp³-hybridized carbons (Fsp3) is 0.444. The van der Waals surface area contributed by atoms with E-state index in [0.29, 0.717) is 17.2 Å². The SMILES string of the molecule is CNc1nnc2c(C)c(C)c(S(C)(=O)=O)nn12. The monoisotopic (exact) mass is 255 g/mol. The molecule has 1 N–H and O–H groups in total. The van der Waals surface area contributed by atoms with Crippen molar-refractivity contribution >= 4 is 21.4 Å². The Morgan fingerprint density at radius 3 is 2.35 bits per heavy atom. The van der Waals surface area contributed by atoms with Gasteiger partial charge in [0.15, 0.2) is 20.5 Å². The molecule has 0 unspecified atom stereocenters. The third-order valence-corrected chi connectivity index (χ3v) is 3.72. The second-order valence-electron chi connectivity index (χ2n) is 3.84. The lowest BCUT2D eigenvalue weighted by atomic mass is 10.2. The molecule has 0 aliphatic rings. The molecule has 2 aromatic heterocycles. The van der Waals surface area contributed by atoms with Gasteiger partial charge in [0.25, 0.3) is 0 Å². The first kappa shape index (κ1) is 11.8. The molecule has 0 aliphatic heterocycles. The molecule has 8 heteroatoms. The number of anilines is 1. The lowest BCUT2D eigenvalue weighted by Crippen LogP contribution is -2.11. The van der Waals surface area contributed by atoms with Crippen LogP contribution >= 0.6 is 0 Å². The molecule has 0 saturated heterocycles. The van der Waals surface area contributed by atoms with E-state index in [1.54, 1.807) is 20.9 Å². The molecule has 0 spiro atoms. The van der Waals surface area contributed by atoms with Gasteiger partial charge in [0, 0.05) is 18.9 Å². The minimum atomic E-state index is -3.37. The average molecular weight is 255 g/mol. The molecule has 0 aromatic carbocycles. The van der Waals surface area contributed by atoms with E-state index in [2.05, 4.69) is 20.6 Å². The Morgan fingerprint density at radius 2 is 1.82 bits per heavy atom. The van der Waals surface area contributed by atoms with Gasteiger partial charge in [-0.3, -0.25) is 0 Å². The van der Waals surface area contributed by atoms with Gasteiger partial charge in [-0.15, -0.1) is 10.2 Å². The Balaban J connectivity index is 2.93. The second-order valence-corrected chi connectivity index (χ2v) is 5.77. The van der Waals surface area contributed by atoms with E-state index in [1.807, 2.05) is 0 Å². The number of nitrogens with one attached hydrogen (secondary N) is 1. The van der Waals surface area contributed by atoms with Crippen molar-refractivity contribution in [1.82, 2.24) is 19.8 Å². The molecule has 2 aromatic rings. The lowest BCUT2D eigenvalue weighted by molar-refractivity contribution is 0.593. The molecule has 0 aliphatic carbocycles. The molecule has 2 rings (SSSR count). The number of rotatable bonds is 2. The van der Waals surface area contributed by atoms with E-state index in [1.165, 1.54) is 4.52 Å². The first-order valence-electron chi connectivity index (χ1n) is 4.96. The minimum absolute atomic E-state index is 0.0544. The Kier molecular flexibility index (Phi) is 2.53. The van der Waals surface area contributed by atoms with Crippen molar-refractivity contribution < 1.29 is 8.42 Å². The third-order valence-electron chi connectivity index (χ3n) is 2.63. The van der Waals surface area contributed by atoms with E-state index in [4.69, 9.17) is 0 Å². The van der Waals surface area contributed by atoms with Gasteiger partial charge in [-0.1, -0.05) is 0 Å². The molecule has 17 heavy (non-hydrogen) atoms. The molecule has 0 radical (unpaired) electrons. The third kappa shape index (κ3) is 1.74. The summed E-state index contributed by atoms with van der Waals surface area (Å²) in [6.45, 7) is 3.52. The fourth-order valence-electron chi connectivity index (χ4n) is 1.61. The van der Waals surface area contributed by atoms with Gasteiger partial charge < -0.3 is 5.32 Å². The standard InChI is InChI=1S/C9H13N5O2S/c1-5-6(2)8(17(4,15)16)13-14-7(5)11-12-9(14)10-3/h1-4H3,(H,10,12). The number of nitrogens with zero attached hydrogens (tertiary/aromatic N) is 4. The van der Waals surface area contributed by atoms with E-state index in [0.717, 1.165) is 11.8 Å². The lowest BCUT2D eigenvalue weighted by Gasteiger charge is -2.07. The van der Waals surface area contributed by atoms with Crippen LogP contribution in [-0.4, -0.2) is 41.5 Å². The normalized spacial score (nSPS) is 12.0. The maximum atomic E-state index is 11.6. The number of fused-ring (bicyclic) bond motifs is 1. The van der Waals surface area contributed by atoms with Crippen molar-refractivity contribution in [3.8, 4) is 0 Å². The largest absolute Gasteiger partial charge is 0.356 e. The van der Waals surface area contributed by atoms with Crippen molar-refractivity contribution in [1.29, 1.82) is 0 Å². The van der Waals surface area contributed by atoms with Crippen LogP contribution in [0.4, 0.5) is 5.95 Å². The zero-order valence-corrected chi connectivity index (χ0v) is 10.8. The topological polar surface area (TPSA) is 89.2 Å². The van der Waals surface area contributed by atoms with Crippen LogP contribution in [0.25, 0.3) is 5.65 Å². The van der Waals surface area contributed by atoms with Crippen LogP contribution in [0.15, 0.2) is 5.03 Å². The average Bonchev–Trinajstić information content (AvgIpc) is 2.64. The summed E-state index contributed by atoms with van der Waals surface area (Å²) in [5.41, 5.74) is 1.92. The van der Waals surface area contributed by atoms with Gasteiger partial charge in [0.2, 0.25) is 5.95 Å². The van der Waals surface area contributed by atoms with Crippen molar-refractivity contribution in [2.45, 2.75) is 18.9 Å². The van der Waals surface area contributed by atoms with E-state index < -0.39 is 9.84 Å². The maximum Gasteiger partial charge on any atom is 0.245 e. The first-order valence-corrected chi connectivity index (χ1v) is 6.86. The van der Waals surface area contributed by atoms with Crippen molar-refractivity contribution in [3.63, 3.8) is 0 Å². The summed E-state index contributed by atoms with van der Waals surface area (Å²) in [4.78, 5) is 0. The summed E-state index contributed by atoms with van der Waals surface area (Å²) in [5, 5.41) is 14.8. The number of aryl methyl sites for hydroxylation is 1. The van der Waals surface area contributed by atoms with Gasteiger partial charge >= 0.3 is 0 Å². The summed E-state index contributed by atoms with van der Waals surface area (Å²) in [6, 6.07) is 0. The van der Waals surface area contributed by atoms with Crippen LogP contribution in [0.1, 0.15) is 11.1 Å². The Bertz CT molecular complexity index is 689. The summed E-state index contributed by atoms with van der Waals surface area (Å²) in [6.07, 6.45) is 1.14. The van der Waals surface area contributed by atoms with Crippen LogP contribution in [0.3, 0.4) is 0 Å². The van der Waals surface area contributed by atoms with Crippen LogP contribution in [0.5, 0.6) is 0 Å². The summed E-state index contributed by atoms with van der Waals surface area (Å²) in [5.74, 6) is 0.410. The molecule has 2 heterocycles. The number of hydrogen-bond acceptors (Lipinski definition) is 6. The van der Waals surface area contributed by atoms with Crippen molar-refractivity contribution in [3.05, 3.63) is 11.1 Å². The molecular formula is C9H13N5O2S. The molecule has 0 amide bonds. The smallest absolute Gasteiger partial charge is 0.245 e.